The zero-order chi connectivity index (χ0) is 31.1. The Kier molecular flexibility index (Phi) is 8.81. The molecule has 0 aliphatic carbocycles. The molecule has 43 heavy (non-hydrogen) atoms. The van der Waals surface area contributed by atoms with Crippen LogP contribution in [-0.4, -0.2) is 74.7 Å². The SMILES string of the molecule is CC(C)(C)O.Cc1cc2nc(-c3ccc4c(c3)c(N3CCN(C)CC3)nn4C)sc2c(-c2ccc(Cl)cc2)c1CC(=O)O. The third-order valence-corrected chi connectivity index (χ3v) is 8.74. The van der Waals surface area contributed by atoms with Gasteiger partial charge in [0.15, 0.2) is 5.82 Å². The summed E-state index contributed by atoms with van der Waals surface area (Å²) in [5.41, 5.74) is 6.07. The molecular weight excluding hydrogens is 582 g/mol. The van der Waals surface area contributed by atoms with Crippen LogP contribution < -0.4 is 4.90 Å². The van der Waals surface area contributed by atoms with Crippen LogP contribution in [0.3, 0.4) is 0 Å². The zero-order valence-corrected chi connectivity index (χ0v) is 27.1. The van der Waals surface area contributed by atoms with Crippen molar-refractivity contribution in [1.29, 1.82) is 0 Å². The number of fused-ring (bicyclic) bond motifs is 2. The number of nitrogens with zero attached hydrogens (tertiary/aromatic N) is 5. The van der Waals surface area contributed by atoms with Crippen LogP contribution in [0.15, 0.2) is 48.5 Å². The van der Waals surface area contributed by atoms with Gasteiger partial charge in [-0.3, -0.25) is 9.48 Å². The van der Waals surface area contributed by atoms with E-state index < -0.39 is 11.6 Å². The fourth-order valence-corrected chi connectivity index (χ4v) is 6.55. The number of halogens is 1. The Balaban J connectivity index is 0.000000682. The fraction of sp³-hybridized carbons (Fsp3) is 0.364. The molecule has 0 radical (unpaired) electrons. The number of aryl methyl sites for hydroxylation is 2. The number of hydrogen-bond acceptors (Lipinski definition) is 7. The first-order chi connectivity index (χ1) is 20.3. The highest BCUT2D eigenvalue weighted by molar-refractivity contribution is 7.22. The molecule has 0 bridgehead atoms. The molecule has 0 atom stereocenters. The van der Waals surface area contributed by atoms with Crippen LogP contribution in [0.4, 0.5) is 5.82 Å². The van der Waals surface area contributed by atoms with Crippen molar-refractivity contribution in [2.75, 3.05) is 38.1 Å². The molecule has 0 saturated carbocycles. The predicted octanol–water partition coefficient (Wildman–Crippen LogP) is 6.63. The van der Waals surface area contributed by atoms with E-state index in [4.69, 9.17) is 26.8 Å². The highest BCUT2D eigenvalue weighted by atomic mass is 35.5. The molecule has 3 heterocycles. The van der Waals surface area contributed by atoms with Gasteiger partial charge < -0.3 is 20.0 Å². The van der Waals surface area contributed by atoms with E-state index in [-0.39, 0.29) is 6.42 Å². The number of thiazole rings is 1. The number of benzene rings is 3. The number of aliphatic carboxylic acids is 1. The maximum absolute atomic E-state index is 11.8. The Morgan fingerprint density at radius 2 is 1.63 bits per heavy atom. The monoisotopic (exact) mass is 619 g/mol. The first kappa shape index (κ1) is 30.9. The molecular formula is C33H38ClN5O3S. The molecule has 3 aromatic carbocycles. The fourth-order valence-electron chi connectivity index (χ4n) is 5.29. The zero-order valence-electron chi connectivity index (χ0n) is 25.5. The molecule has 0 spiro atoms. The summed E-state index contributed by atoms with van der Waals surface area (Å²) in [6, 6.07) is 16.0. The van der Waals surface area contributed by atoms with E-state index >= 15 is 0 Å². The number of carbonyl (C=O) groups is 1. The molecule has 1 fully saturated rings. The van der Waals surface area contributed by atoms with Crippen molar-refractivity contribution in [2.45, 2.75) is 39.7 Å². The number of piperazine rings is 1. The van der Waals surface area contributed by atoms with E-state index in [1.54, 1.807) is 32.1 Å². The smallest absolute Gasteiger partial charge is 0.307 e. The summed E-state index contributed by atoms with van der Waals surface area (Å²) in [7, 11) is 4.14. The lowest BCUT2D eigenvalue weighted by Gasteiger charge is -2.32. The molecule has 0 amide bonds. The number of rotatable bonds is 5. The van der Waals surface area contributed by atoms with Crippen molar-refractivity contribution >= 4 is 55.8 Å². The number of anilines is 1. The van der Waals surface area contributed by atoms with Gasteiger partial charge in [0.25, 0.3) is 0 Å². The number of aliphatic hydroxyl groups is 1. The van der Waals surface area contributed by atoms with Crippen molar-refractivity contribution in [3.05, 3.63) is 64.7 Å². The van der Waals surface area contributed by atoms with Crippen molar-refractivity contribution in [3.8, 4) is 21.7 Å². The van der Waals surface area contributed by atoms with Crippen molar-refractivity contribution < 1.29 is 15.0 Å². The lowest BCUT2D eigenvalue weighted by Crippen LogP contribution is -2.44. The Hall–Kier alpha value is -3.50. The van der Waals surface area contributed by atoms with Crippen LogP contribution in [0.5, 0.6) is 0 Å². The number of hydrogen-bond donors (Lipinski definition) is 2. The minimum absolute atomic E-state index is 0.0526. The minimum Gasteiger partial charge on any atom is -0.481 e. The van der Waals surface area contributed by atoms with Gasteiger partial charge in [0.2, 0.25) is 0 Å². The summed E-state index contributed by atoms with van der Waals surface area (Å²) in [6.07, 6.45) is -0.0526. The third kappa shape index (κ3) is 7.02. The second-order valence-electron chi connectivity index (χ2n) is 12.1. The number of carboxylic acid groups (broad SMARTS) is 1. The molecule has 226 valence electrons. The van der Waals surface area contributed by atoms with Gasteiger partial charge >= 0.3 is 5.97 Å². The number of likely N-dealkylation sites (N-methyl/N-ethyl adjacent to an activating group) is 1. The van der Waals surface area contributed by atoms with Gasteiger partial charge in [-0.1, -0.05) is 23.7 Å². The molecule has 1 saturated heterocycles. The van der Waals surface area contributed by atoms with E-state index in [1.807, 2.05) is 49.0 Å². The molecule has 0 unspecified atom stereocenters. The molecule has 5 aromatic rings. The van der Waals surface area contributed by atoms with E-state index in [0.717, 1.165) is 85.9 Å². The first-order valence-corrected chi connectivity index (χ1v) is 15.5. The summed E-state index contributed by atoms with van der Waals surface area (Å²) in [4.78, 5) is 21.5. The van der Waals surface area contributed by atoms with Crippen LogP contribution in [0.1, 0.15) is 31.9 Å². The average Bonchev–Trinajstić information content (AvgIpc) is 3.49. The molecule has 2 N–H and O–H groups in total. The molecule has 8 nitrogen and oxygen atoms in total. The second-order valence-corrected chi connectivity index (χ2v) is 13.6. The third-order valence-electron chi connectivity index (χ3n) is 7.35. The Bertz CT molecular complexity index is 1770. The van der Waals surface area contributed by atoms with Gasteiger partial charge in [-0.2, -0.15) is 5.10 Å². The second kappa shape index (κ2) is 12.2. The predicted molar refractivity (Wildman–Crippen MR) is 178 cm³/mol. The van der Waals surface area contributed by atoms with Gasteiger partial charge in [0, 0.05) is 54.8 Å². The van der Waals surface area contributed by atoms with Crippen molar-refractivity contribution in [2.24, 2.45) is 7.05 Å². The van der Waals surface area contributed by atoms with E-state index in [0.29, 0.717) is 5.02 Å². The molecule has 10 heteroatoms. The minimum atomic E-state index is -0.856. The summed E-state index contributed by atoms with van der Waals surface area (Å²) in [6.45, 7) is 11.1. The van der Waals surface area contributed by atoms with Crippen LogP contribution in [0.25, 0.3) is 42.8 Å². The molecule has 6 rings (SSSR count). The molecule has 1 aliphatic heterocycles. The molecule has 2 aromatic heterocycles. The maximum atomic E-state index is 11.8. The van der Waals surface area contributed by atoms with Crippen LogP contribution in [-0.2, 0) is 18.3 Å². The maximum Gasteiger partial charge on any atom is 0.307 e. The van der Waals surface area contributed by atoms with Gasteiger partial charge in [0.1, 0.15) is 5.01 Å². The Morgan fingerprint density at radius 1 is 1.00 bits per heavy atom. The van der Waals surface area contributed by atoms with Crippen LogP contribution in [0.2, 0.25) is 5.02 Å². The summed E-state index contributed by atoms with van der Waals surface area (Å²) >= 11 is 7.76. The highest BCUT2D eigenvalue weighted by Crippen LogP contribution is 2.42. The van der Waals surface area contributed by atoms with Crippen molar-refractivity contribution in [3.63, 3.8) is 0 Å². The number of carboxylic acids is 1. The van der Waals surface area contributed by atoms with E-state index in [9.17, 15) is 9.90 Å². The topological polar surface area (TPSA) is 94.7 Å². The lowest BCUT2D eigenvalue weighted by molar-refractivity contribution is -0.136. The number of aromatic nitrogens is 3. The summed E-state index contributed by atoms with van der Waals surface area (Å²) < 4.78 is 2.93. The first-order valence-electron chi connectivity index (χ1n) is 14.3. The standard InChI is InChI=1S/C29H28ClN5O2S.C4H10O/c1-17-14-23-27(26(21(17)16-25(36)37)18-4-7-20(30)8-5-18)38-29(31-23)19-6-9-24-22(15-19)28(32-34(24)3)35-12-10-33(2)11-13-35;1-4(2,3)5/h4-9,14-15H,10-13,16H2,1-3H3,(H,36,37);5H,1-3H3. The lowest BCUT2D eigenvalue weighted by atomic mass is 9.93. The van der Waals surface area contributed by atoms with Gasteiger partial charge in [-0.05, 0) is 87.8 Å². The van der Waals surface area contributed by atoms with Gasteiger partial charge in [-0.15, -0.1) is 11.3 Å². The van der Waals surface area contributed by atoms with Crippen LogP contribution >= 0.6 is 22.9 Å². The van der Waals surface area contributed by atoms with E-state index in [2.05, 4.69) is 35.0 Å². The van der Waals surface area contributed by atoms with Crippen LogP contribution in [0, 0.1) is 6.92 Å². The average molecular weight is 620 g/mol. The Morgan fingerprint density at radius 3 is 2.26 bits per heavy atom. The summed E-state index contributed by atoms with van der Waals surface area (Å²) in [5, 5.41) is 25.7. The highest BCUT2D eigenvalue weighted by Gasteiger charge is 2.22. The van der Waals surface area contributed by atoms with Crippen molar-refractivity contribution in [1.82, 2.24) is 19.7 Å². The van der Waals surface area contributed by atoms with Gasteiger partial charge in [0.05, 0.1) is 27.8 Å². The summed E-state index contributed by atoms with van der Waals surface area (Å²) in [5.74, 6) is 0.158. The van der Waals surface area contributed by atoms with E-state index in [1.165, 1.54) is 0 Å². The normalized spacial score (nSPS) is 14.3. The Labute approximate surface area is 261 Å². The quantitative estimate of drug-likeness (QED) is 0.228. The molecule has 1 aliphatic rings. The largest absolute Gasteiger partial charge is 0.481 e. The van der Waals surface area contributed by atoms with Gasteiger partial charge in [-0.25, -0.2) is 4.98 Å².